The Bertz CT molecular complexity index is 749. The number of hydrogen-bond donors (Lipinski definition) is 1. The molecule has 32 heavy (non-hydrogen) atoms. The fourth-order valence-corrected chi connectivity index (χ4v) is 4.05. The number of hydrogen-bond acceptors (Lipinski definition) is 5. The Morgan fingerprint density at radius 3 is 2.16 bits per heavy atom. The second-order valence-corrected chi connectivity index (χ2v) is 8.40. The Kier molecular flexibility index (Phi) is 7.94. The van der Waals surface area contributed by atoms with Gasteiger partial charge in [-0.25, -0.2) is 4.79 Å². The number of ether oxygens (including phenoxy) is 2. The number of morpholine rings is 1. The van der Waals surface area contributed by atoms with Gasteiger partial charge in [0.25, 0.3) is 6.10 Å². The van der Waals surface area contributed by atoms with Gasteiger partial charge in [0.15, 0.2) is 0 Å². The van der Waals surface area contributed by atoms with Gasteiger partial charge >= 0.3 is 18.4 Å². The van der Waals surface area contributed by atoms with E-state index < -0.39 is 24.5 Å². The molecule has 3 rings (SSSR count). The van der Waals surface area contributed by atoms with E-state index in [0.717, 1.165) is 14.9 Å². The topological polar surface area (TPSA) is 54.0 Å². The van der Waals surface area contributed by atoms with Gasteiger partial charge in [0.2, 0.25) is 0 Å². The van der Waals surface area contributed by atoms with Crippen LogP contribution < -0.4 is 5.32 Å². The third kappa shape index (κ3) is 6.27. The molecule has 2 unspecified atom stereocenters. The molecule has 1 aromatic rings. The molecule has 2 aliphatic heterocycles. The minimum Gasteiger partial charge on any atom is -0.426 e. The smallest absolute Gasteiger partial charge is 0.426 e. The van der Waals surface area contributed by atoms with Crippen molar-refractivity contribution in [2.45, 2.75) is 30.6 Å². The lowest BCUT2D eigenvalue weighted by molar-refractivity contribution is -0.308. The van der Waals surface area contributed by atoms with Crippen LogP contribution in [-0.4, -0.2) is 86.3 Å². The first-order valence-electron chi connectivity index (χ1n) is 9.87. The second-order valence-electron chi connectivity index (χ2n) is 7.48. The Morgan fingerprint density at radius 1 is 1.06 bits per heavy atom. The molecule has 0 bridgehead atoms. The van der Waals surface area contributed by atoms with E-state index in [2.05, 4.69) is 26.0 Å². The van der Waals surface area contributed by atoms with Crippen LogP contribution in [0.1, 0.15) is 11.6 Å². The van der Waals surface area contributed by atoms with Crippen LogP contribution in [0.2, 0.25) is 0 Å². The second kappa shape index (κ2) is 10.1. The summed E-state index contributed by atoms with van der Waals surface area (Å²) in [4.78, 5) is 14.9. The fraction of sp³-hybridized carbons (Fsp3) is 0.632. The van der Waals surface area contributed by atoms with Crippen LogP contribution in [0.4, 0.5) is 31.1 Å². The number of carbonyl (C=O) groups is 1. The first kappa shape index (κ1) is 25.1. The Balaban J connectivity index is 1.67. The summed E-state index contributed by atoms with van der Waals surface area (Å²) in [5.41, 5.74) is 0.951. The monoisotopic (exact) mass is 533 g/mol. The van der Waals surface area contributed by atoms with Crippen LogP contribution in [0.3, 0.4) is 0 Å². The first-order valence-corrected chi connectivity index (χ1v) is 10.7. The standard InChI is InChI=1S/C19H22BrF6N3O3/c20-13-3-1-12(2-4-13)15(14-11-27-5-10-31-14)28-6-8-29(9-7-28)17(30)32-16(18(21,22)23)19(24,25)26/h1-4,14-16,27H,5-11H2. The molecule has 1 aromatic carbocycles. The number of alkyl halides is 6. The van der Waals surface area contributed by atoms with Crippen LogP contribution in [0.25, 0.3) is 0 Å². The molecule has 2 heterocycles. The molecule has 13 heteroatoms. The van der Waals surface area contributed by atoms with E-state index in [9.17, 15) is 31.1 Å². The van der Waals surface area contributed by atoms with E-state index in [-0.39, 0.29) is 38.3 Å². The van der Waals surface area contributed by atoms with E-state index in [1.807, 2.05) is 29.2 Å². The molecule has 2 aliphatic rings. The van der Waals surface area contributed by atoms with Crippen LogP contribution in [0.15, 0.2) is 28.7 Å². The summed E-state index contributed by atoms with van der Waals surface area (Å²) in [6, 6.07) is 7.39. The highest BCUT2D eigenvalue weighted by Gasteiger charge is 2.60. The Labute approximate surface area is 188 Å². The molecule has 1 amide bonds. The largest absolute Gasteiger partial charge is 0.434 e. The maximum Gasteiger partial charge on any atom is 0.434 e. The highest BCUT2D eigenvalue weighted by Crippen LogP contribution is 2.36. The van der Waals surface area contributed by atoms with Crippen molar-refractivity contribution < 1.29 is 40.6 Å². The molecule has 2 saturated heterocycles. The molecule has 0 aliphatic carbocycles. The number of halogens is 7. The third-order valence-electron chi connectivity index (χ3n) is 5.30. The van der Waals surface area contributed by atoms with E-state index >= 15 is 0 Å². The molecule has 2 fully saturated rings. The lowest BCUT2D eigenvalue weighted by Crippen LogP contribution is -2.55. The van der Waals surface area contributed by atoms with Gasteiger partial charge in [-0.3, -0.25) is 4.90 Å². The SMILES string of the molecule is O=C(OC(C(F)(F)F)C(F)(F)F)N1CCN(C(c2ccc(Br)cc2)C2CNCCO2)CC1. The van der Waals surface area contributed by atoms with Crippen molar-refractivity contribution in [1.29, 1.82) is 0 Å². The van der Waals surface area contributed by atoms with Gasteiger partial charge in [-0.2, -0.15) is 26.3 Å². The van der Waals surface area contributed by atoms with Gasteiger partial charge in [0, 0.05) is 43.7 Å². The molecule has 0 radical (unpaired) electrons. The highest BCUT2D eigenvalue weighted by molar-refractivity contribution is 9.10. The zero-order valence-corrected chi connectivity index (χ0v) is 18.3. The highest BCUT2D eigenvalue weighted by atomic mass is 79.9. The lowest BCUT2D eigenvalue weighted by Gasteiger charge is -2.43. The molecule has 0 saturated carbocycles. The fourth-order valence-electron chi connectivity index (χ4n) is 3.79. The van der Waals surface area contributed by atoms with Crippen molar-refractivity contribution in [2.24, 2.45) is 0 Å². The summed E-state index contributed by atoms with van der Waals surface area (Å²) in [6.07, 6.45) is -17.5. The Hall–Kier alpha value is -1.57. The van der Waals surface area contributed by atoms with Crippen molar-refractivity contribution in [3.8, 4) is 0 Å². The third-order valence-corrected chi connectivity index (χ3v) is 5.83. The summed E-state index contributed by atoms with van der Waals surface area (Å²) >= 11 is 3.38. The molecular formula is C19H22BrF6N3O3. The molecular weight excluding hydrogens is 512 g/mol. The number of nitrogens with zero attached hydrogens (tertiary/aromatic N) is 2. The number of rotatable bonds is 4. The Morgan fingerprint density at radius 2 is 1.66 bits per heavy atom. The van der Waals surface area contributed by atoms with E-state index in [4.69, 9.17) is 4.74 Å². The molecule has 0 spiro atoms. The number of piperazine rings is 1. The maximum atomic E-state index is 12.7. The predicted octanol–water partition coefficient (Wildman–Crippen LogP) is 3.73. The lowest BCUT2D eigenvalue weighted by atomic mass is 9.98. The molecule has 180 valence electrons. The maximum absolute atomic E-state index is 12.7. The van der Waals surface area contributed by atoms with E-state index in [1.165, 1.54) is 0 Å². The van der Waals surface area contributed by atoms with Crippen molar-refractivity contribution in [2.75, 3.05) is 45.9 Å². The van der Waals surface area contributed by atoms with Crippen molar-refractivity contribution in [3.05, 3.63) is 34.3 Å². The molecule has 2 atom stereocenters. The average molecular weight is 534 g/mol. The number of amides is 1. The minimum absolute atomic E-state index is 0.0750. The predicted molar refractivity (Wildman–Crippen MR) is 105 cm³/mol. The van der Waals surface area contributed by atoms with E-state index in [0.29, 0.717) is 19.7 Å². The van der Waals surface area contributed by atoms with Gasteiger partial charge < -0.3 is 19.7 Å². The van der Waals surface area contributed by atoms with Gasteiger partial charge in [0.1, 0.15) is 0 Å². The first-order chi connectivity index (χ1) is 15.0. The van der Waals surface area contributed by atoms with Gasteiger partial charge in [-0.1, -0.05) is 28.1 Å². The zero-order chi connectivity index (χ0) is 23.5. The number of carbonyl (C=O) groups excluding carboxylic acids is 1. The summed E-state index contributed by atoms with van der Waals surface area (Å²) < 4.78 is 86.7. The van der Waals surface area contributed by atoms with Gasteiger partial charge in [-0.05, 0) is 17.7 Å². The van der Waals surface area contributed by atoms with Crippen molar-refractivity contribution in [1.82, 2.24) is 15.1 Å². The summed E-state index contributed by atoms with van der Waals surface area (Å²) in [6.45, 7) is 2.13. The van der Waals surface area contributed by atoms with Gasteiger partial charge in [0.05, 0.1) is 18.8 Å². The molecule has 0 aromatic heterocycles. The molecule has 6 nitrogen and oxygen atoms in total. The summed E-state index contributed by atoms with van der Waals surface area (Å²) in [5, 5.41) is 3.25. The van der Waals surface area contributed by atoms with Crippen molar-refractivity contribution >= 4 is 22.0 Å². The number of benzene rings is 1. The molecule has 1 N–H and O–H groups in total. The average Bonchev–Trinajstić information content (AvgIpc) is 2.73. The van der Waals surface area contributed by atoms with Crippen LogP contribution in [-0.2, 0) is 9.47 Å². The summed E-state index contributed by atoms with van der Waals surface area (Å²) in [7, 11) is 0. The summed E-state index contributed by atoms with van der Waals surface area (Å²) in [5.74, 6) is 0. The minimum atomic E-state index is -5.74. The van der Waals surface area contributed by atoms with Gasteiger partial charge in [-0.15, -0.1) is 0 Å². The van der Waals surface area contributed by atoms with Crippen molar-refractivity contribution in [3.63, 3.8) is 0 Å². The van der Waals surface area contributed by atoms with Crippen LogP contribution in [0, 0.1) is 0 Å². The number of nitrogens with one attached hydrogen (secondary N) is 1. The quantitative estimate of drug-likeness (QED) is 0.598. The van der Waals surface area contributed by atoms with Crippen LogP contribution in [0.5, 0.6) is 0 Å². The van der Waals surface area contributed by atoms with Crippen LogP contribution >= 0.6 is 15.9 Å². The zero-order valence-electron chi connectivity index (χ0n) is 16.8. The van der Waals surface area contributed by atoms with E-state index in [1.54, 1.807) is 0 Å². The normalized spacial score (nSPS) is 22.1.